The van der Waals surface area contributed by atoms with Crippen LogP contribution >= 0.6 is 0 Å². The van der Waals surface area contributed by atoms with E-state index in [1.807, 2.05) is 6.92 Å². The van der Waals surface area contributed by atoms with Gasteiger partial charge >= 0.3 is 12.1 Å². The van der Waals surface area contributed by atoms with Crippen LogP contribution in [0, 0.1) is 5.92 Å². The lowest BCUT2D eigenvalue weighted by Gasteiger charge is -2.29. The maximum absolute atomic E-state index is 12.7. The number of esters is 1. The second-order valence-corrected chi connectivity index (χ2v) is 9.21. The van der Waals surface area contributed by atoms with Gasteiger partial charge in [0.05, 0.1) is 13.2 Å². The molecule has 182 valence electrons. The Labute approximate surface area is 191 Å². The number of carbonyl (C=O) groups is 2. The van der Waals surface area contributed by atoms with Crippen LogP contribution in [0.25, 0.3) is 0 Å². The average Bonchev–Trinajstić information content (AvgIpc) is 2.79. The van der Waals surface area contributed by atoms with Gasteiger partial charge in [0.15, 0.2) is 0 Å². The first-order valence-corrected chi connectivity index (χ1v) is 13.3. The molecule has 5 nitrogen and oxygen atoms in total. The Balaban J connectivity index is 2.14. The Morgan fingerprint density at radius 2 is 1.26 bits per heavy atom. The van der Waals surface area contributed by atoms with Gasteiger partial charge in [0, 0.05) is 0 Å². The number of alkyl carbamates (subject to hydrolysis) is 1. The van der Waals surface area contributed by atoms with Crippen LogP contribution in [0.2, 0.25) is 0 Å². The highest BCUT2D eigenvalue weighted by Gasteiger charge is 2.32. The standard InChI is InChI=1S/C26H49NO4/c1-3-5-6-7-8-9-10-11-12-13-14-18-22-30-25(28)24(23-19-16-15-17-20-23)27-26(29)31-21-4-2/h23-24H,3-22H2,1-2H3,(H,27,29). The summed E-state index contributed by atoms with van der Waals surface area (Å²) < 4.78 is 10.7. The first kappa shape index (κ1) is 27.8. The van der Waals surface area contributed by atoms with E-state index in [0.717, 1.165) is 44.9 Å². The third kappa shape index (κ3) is 14.4. The quantitative estimate of drug-likeness (QED) is 0.179. The van der Waals surface area contributed by atoms with Crippen LogP contribution in [0.5, 0.6) is 0 Å². The molecule has 1 atom stereocenters. The predicted octanol–water partition coefficient (Wildman–Crippen LogP) is 7.32. The maximum atomic E-state index is 12.7. The first-order chi connectivity index (χ1) is 15.2. The number of ether oxygens (including phenoxy) is 2. The van der Waals surface area contributed by atoms with E-state index < -0.39 is 12.1 Å². The van der Waals surface area contributed by atoms with Crippen molar-refractivity contribution in [2.24, 2.45) is 5.92 Å². The largest absolute Gasteiger partial charge is 0.464 e. The highest BCUT2D eigenvalue weighted by molar-refractivity contribution is 5.81. The number of carbonyl (C=O) groups excluding carboxylic acids is 2. The van der Waals surface area contributed by atoms with Crippen LogP contribution in [0.1, 0.15) is 129 Å². The zero-order valence-electron chi connectivity index (χ0n) is 20.4. The summed E-state index contributed by atoms with van der Waals surface area (Å²) in [4.78, 5) is 24.7. The molecular weight excluding hydrogens is 390 g/mol. The van der Waals surface area contributed by atoms with Gasteiger partial charge in [-0.05, 0) is 31.6 Å². The summed E-state index contributed by atoms with van der Waals surface area (Å²) in [5, 5.41) is 2.78. The lowest BCUT2D eigenvalue weighted by Crippen LogP contribution is -2.47. The molecule has 5 heteroatoms. The topological polar surface area (TPSA) is 64.6 Å². The van der Waals surface area contributed by atoms with E-state index in [0.29, 0.717) is 13.2 Å². The molecule has 1 fully saturated rings. The van der Waals surface area contributed by atoms with Crippen molar-refractivity contribution < 1.29 is 19.1 Å². The molecule has 0 aromatic rings. The molecule has 0 aromatic heterocycles. The number of hydrogen-bond acceptors (Lipinski definition) is 4. The normalized spacial score (nSPS) is 15.4. The molecule has 1 N–H and O–H groups in total. The molecular formula is C26H49NO4. The van der Waals surface area contributed by atoms with Crippen LogP contribution in [-0.4, -0.2) is 31.3 Å². The van der Waals surface area contributed by atoms with Crippen molar-refractivity contribution in [3.8, 4) is 0 Å². The number of hydrogen-bond donors (Lipinski definition) is 1. The fourth-order valence-electron chi connectivity index (χ4n) is 4.41. The molecule has 1 rings (SSSR count). The minimum absolute atomic E-state index is 0.164. The molecule has 1 aliphatic carbocycles. The molecule has 1 saturated carbocycles. The van der Waals surface area contributed by atoms with Gasteiger partial charge in [0.1, 0.15) is 6.04 Å². The summed E-state index contributed by atoms with van der Waals surface area (Å²) >= 11 is 0. The lowest BCUT2D eigenvalue weighted by molar-refractivity contribution is -0.148. The van der Waals surface area contributed by atoms with Gasteiger partial charge in [-0.15, -0.1) is 0 Å². The predicted molar refractivity (Wildman–Crippen MR) is 127 cm³/mol. The van der Waals surface area contributed by atoms with E-state index in [4.69, 9.17) is 9.47 Å². The Hall–Kier alpha value is -1.26. The molecule has 1 amide bonds. The van der Waals surface area contributed by atoms with Gasteiger partial charge in [-0.25, -0.2) is 9.59 Å². The zero-order chi connectivity index (χ0) is 22.6. The van der Waals surface area contributed by atoms with Gasteiger partial charge in [0.2, 0.25) is 0 Å². The minimum atomic E-state index is -0.568. The van der Waals surface area contributed by atoms with Gasteiger partial charge < -0.3 is 14.8 Å². The molecule has 0 spiro atoms. The number of nitrogens with one attached hydrogen (secondary N) is 1. The first-order valence-electron chi connectivity index (χ1n) is 13.3. The summed E-state index contributed by atoms with van der Waals surface area (Å²) in [7, 11) is 0. The number of unbranched alkanes of at least 4 members (excludes halogenated alkanes) is 11. The second kappa shape index (κ2) is 19.4. The van der Waals surface area contributed by atoms with Crippen LogP contribution in [0.4, 0.5) is 4.79 Å². The Kier molecular flexibility index (Phi) is 17.4. The molecule has 0 radical (unpaired) electrons. The van der Waals surface area contributed by atoms with Crippen LogP contribution < -0.4 is 5.32 Å². The fourth-order valence-corrected chi connectivity index (χ4v) is 4.41. The van der Waals surface area contributed by atoms with E-state index in [1.165, 1.54) is 70.6 Å². The van der Waals surface area contributed by atoms with Crippen molar-refractivity contribution in [2.75, 3.05) is 13.2 Å². The molecule has 31 heavy (non-hydrogen) atoms. The average molecular weight is 440 g/mol. The Bertz CT molecular complexity index is 449. The Morgan fingerprint density at radius 1 is 0.710 bits per heavy atom. The smallest absolute Gasteiger partial charge is 0.407 e. The fraction of sp³-hybridized carbons (Fsp3) is 0.923. The molecule has 0 aromatic carbocycles. The highest BCUT2D eigenvalue weighted by atomic mass is 16.6. The molecule has 0 aliphatic heterocycles. The maximum Gasteiger partial charge on any atom is 0.407 e. The highest BCUT2D eigenvalue weighted by Crippen LogP contribution is 2.27. The SMILES string of the molecule is CCCCCCCCCCCCCCOC(=O)C(NC(=O)OCCC)C1CCCCC1. The van der Waals surface area contributed by atoms with E-state index in [2.05, 4.69) is 12.2 Å². The van der Waals surface area contributed by atoms with Crippen molar-refractivity contribution in [2.45, 2.75) is 135 Å². The van der Waals surface area contributed by atoms with E-state index in [9.17, 15) is 9.59 Å². The summed E-state index contributed by atoms with van der Waals surface area (Å²) in [6.07, 6.45) is 21.0. The summed E-state index contributed by atoms with van der Waals surface area (Å²) in [5.74, 6) is -0.124. The summed E-state index contributed by atoms with van der Waals surface area (Å²) in [6, 6.07) is -0.568. The van der Waals surface area contributed by atoms with Crippen molar-refractivity contribution in [3.63, 3.8) is 0 Å². The van der Waals surface area contributed by atoms with Crippen molar-refractivity contribution in [1.29, 1.82) is 0 Å². The second-order valence-electron chi connectivity index (χ2n) is 9.21. The van der Waals surface area contributed by atoms with Crippen LogP contribution in [0.15, 0.2) is 0 Å². The van der Waals surface area contributed by atoms with Crippen molar-refractivity contribution in [1.82, 2.24) is 5.32 Å². The molecule has 1 aliphatic rings. The van der Waals surface area contributed by atoms with E-state index >= 15 is 0 Å². The minimum Gasteiger partial charge on any atom is -0.464 e. The van der Waals surface area contributed by atoms with Crippen molar-refractivity contribution >= 4 is 12.1 Å². The molecule has 0 bridgehead atoms. The third-order valence-electron chi connectivity index (χ3n) is 6.33. The van der Waals surface area contributed by atoms with Gasteiger partial charge in [-0.1, -0.05) is 104 Å². The lowest BCUT2D eigenvalue weighted by atomic mass is 9.84. The van der Waals surface area contributed by atoms with Gasteiger partial charge in [-0.3, -0.25) is 0 Å². The summed E-state index contributed by atoms with van der Waals surface area (Å²) in [5.41, 5.74) is 0. The van der Waals surface area contributed by atoms with Crippen LogP contribution in [0.3, 0.4) is 0 Å². The van der Waals surface area contributed by atoms with E-state index in [1.54, 1.807) is 0 Å². The zero-order valence-corrected chi connectivity index (χ0v) is 20.4. The van der Waals surface area contributed by atoms with Crippen LogP contribution in [-0.2, 0) is 14.3 Å². The Morgan fingerprint density at radius 3 is 1.81 bits per heavy atom. The monoisotopic (exact) mass is 439 g/mol. The van der Waals surface area contributed by atoms with Gasteiger partial charge in [0.25, 0.3) is 0 Å². The van der Waals surface area contributed by atoms with Gasteiger partial charge in [-0.2, -0.15) is 0 Å². The third-order valence-corrected chi connectivity index (χ3v) is 6.33. The number of amides is 1. The molecule has 0 heterocycles. The van der Waals surface area contributed by atoms with Crippen molar-refractivity contribution in [3.05, 3.63) is 0 Å². The molecule has 1 unspecified atom stereocenters. The molecule has 0 saturated heterocycles. The number of rotatable bonds is 18. The summed E-state index contributed by atoms with van der Waals surface area (Å²) in [6.45, 7) is 5.04. The van der Waals surface area contributed by atoms with E-state index in [-0.39, 0.29) is 11.9 Å².